The van der Waals surface area contributed by atoms with Crippen LogP contribution in [0, 0.1) is 0 Å². The first-order valence-electron chi connectivity index (χ1n) is 9.93. The van der Waals surface area contributed by atoms with Gasteiger partial charge in [-0.15, -0.1) is 0 Å². The van der Waals surface area contributed by atoms with E-state index in [4.69, 9.17) is 5.11 Å². The van der Waals surface area contributed by atoms with Crippen molar-refractivity contribution in [1.82, 2.24) is 4.98 Å². The van der Waals surface area contributed by atoms with E-state index in [1.807, 2.05) is 12.1 Å². The molecule has 1 aromatic heterocycles. The van der Waals surface area contributed by atoms with Gasteiger partial charge in [0.25, 0.3) is 11.5 Å². The number of carboxylic acid groups (broad SMARTS) is 1. The third-order valence-corrected chi connectivity index (χ3v) is 4.99. The molecule has 7 nitrogen and oxygen atoms in total. The molecule has 3 aromatic rings. The van der Waals surface area contributed by atoms with E-state index >= 15 is 0 Å². The lowest BCUT2D eigenvalue weighted by Crippen LogP contribution is -2.23. The number of aryl methyl sites for hydroxylation is 1. The van der Waals surface area contributed by atoms with Crippen LogP contribution >= 0.6 is 0 Å². The van der Waals surface area contributed by atoms with Crippen LogP contribution in [-0.2, 0) is 6.42 Å². The number of amides is 1. The Hall–Kier alpha value is -3.61. The zero-order chi connectivity index (χ0) is 21.7. The van der Waals surface area contributed by atoms with Crippen molar-refractivity contribution in [2.24, 2.45) is 0 Å². The minimum Gasteiger partial charge on any atom is -0.506 e. The maximum Gasteiger partial charge on any atom is 0.335 e. The molecule has 1 amide bonds. The van der Waals surface area contributed by atoms with Gasteiger partial charge in [0, 0.05) is 11.1 Å². The van der Waals surface area contributed by atoms with Gasteiger partial charge in [0.1, 0.15) is 11.3 Å². The molecule has 0 bridgehead atoms. The summed E-state index contributed by atoms with van der Waals surface area (Å²) in [5.41, 5.74) is 0.844. The Morgan fingerprint density at radius 3 is 2.43 bits per heavy atom. The fourth-order valence-corrected chi connectivity index (χ4v) is 3.34. The first-order chi connectivity index (χ1) is 14.4. The number of aromatic amines is 1. The third kappa shape index (κ3) is 4.68. The largest absolute Gasteiger partial charge is 0.506 e. The number of aromatic hydroxyl groups is 1. The van der Waals surface area contributed by atoms with Crippen LogP contribution in [0.1, 0.15) is 58.9 Å². The van der Waals surface area contributed by atoms with E-state index in [9.17, 15) is 19.5 Å². The number of H-pyrrole nitrogens is 1. The fourth-order valence-electron chi connectivity index (χ4n) is 3.34. The van der Waals surface area contributed by atoms with Crippen molar-refractivity contribution in [3.8, 4) is 5.75 Å². The molecule has 30 heavy (non-hydrogen) atoms. The highest BCUT2D eigenvalue weighted by atomic mass is 16.4. The average Bonchev–Trinajstić information content (AvgIpc) is 2.71. The number of aromatic carboxylic acids is 1. The SMILES string of the molecule is CCCCCCc1ccc2c(O)c(C(=O)Nc3ccc(C(=O)O)cc3)c(=O)[nH]c2c1. The number of nitrogens with one attached hydrogen (secondary N) is 2. The van der Waals surface area contributed by atoms with Crippen LogP contribution < -0.4 is 10.9 Å². The van der Waals surface area contributed by atoms with Gasteiger partial charge in [0.15, 0.2) is 0 Å². The van der Waals surface area contributed by atoms with E-state index in [2.05, 4.69) is 17.2 Å². The summed E-state index contributed by atoms with van der Waals surface area (Å²) in [5.74, 6) is -2.24. The van der Waals surface area contributed by atoms with E-state index in [0.29, 0.717) is 16.6 Å². The van der Waals surface area contributed by atoms with Crippen LogP contribution in [0.2, 0.25) is 0 Å². The molecule has 0 saturated heterocycles. The highest BCUT2D eigenvalue weighted by molar-refractivity contribution is 6.09. The summed E-state index contributed by atoms with van der Waals surface area (Å²) in [4.78, 5) is 38.7. The maximum absolute atomic E-state index is 12.6. The monoisotopic (exact) mass is 408 g/mol. The van der Waals surface area contributed by atoms with E-state index in [-0.39, 0.29) is 16.9 Å². The predicted molar refractivity (Wildman–Crippen MR) is 115 cm³/mol. The van der Waals surface area contributed by atoms with Gasteiger partial charge in [0.05, 0.1) is 11.1 Å². The molecule has 0 aliphatic heterocycles. The molecular formula is C23H24N2O5. The Kier molecular flexibility index (Phi) is 6.51. The highest BCUT2D eigenvalue weighted by Gasteiger charge is 2.19. The molecule has 2 aromatic carbocycles. The number of carboxylic acids is 1. The van der Waals surface area contributed by atoms with Crippen LogP contribution in [0.5, 0.6) is 5.75 Å². The fraction of sp³-hybridized carbons (Fsp3) is 0.261. The molecule has 0 atom stereocenters. The van der Waals surface area contributed by atoms with E-state index in [1.165, 1.54) is 30.7 Å². The van der Waals surface area contributed by atoms with Crippen molar-refractivity contribution in [2.75, 3.05) is 5.32 Å². The lowest BCUT2D eigenvalue weighted by Gasteiger charge is -2.10. The van der Waals surface area contributed by atoms with Gasteiger partial charge in [-0.3, -0.25) is 9.59 Å². The zero-order valence-corrected chi connectivity index (χ0v) is 16.7. The predicted octanol–water partition coefficient (Wildman–Crippen LogP) is 4.31. The van der Waals surface area contributed by atoms with E-state index in [1.54, 1.807) is 6.07 Å². The van der Waals surface area contributed by atoms with Crippen LogP contribution in [0.25, 0.3) is 10.9 Å². The molecule has 4 N–H and O–H groups in total. The molecule has 0 aliphatic carbocycles. The van der Waals surface area contributed by atoms with Gasteiger partial charge >= 0.3 is 5.97 Å². The normalized spacial score (nSPS) is 10.8. The average molecular weight is 408 g/mol. The van der Waals surface area contributed by atoms with Gasteiger partial charge in [-0.05, 0) is 54.8 Å². The second kappa shape index (κ2) is 9.26. The van der Waals surface area contributed by atoms with Gasteiger partial charge in [-0.1, -0.05) is 32.3 Å². The number of aromatic nitrogens is 1. The van der Waals surface area contributed by atoms with E-state index < -0.39 is 17.4 Å². The summed E-state index contributed by atoms with van der Waals surface area (Å²) in [6.07, 6.45) is 5.42. The molecular weight excluding hydrogens is 384 g/mol. The zero-order valence-electron chi connectivity index (χ0n) is 16.7. The number of anilines is 1. The van der Waals surface area contributed by atoms with Gasteiger partial charge in [0.2, 0.25) is 0 Å². The van der Waals surface area contributed by atoms with Gasteiger partial charge < -0.3 is 20.5 Å². The van der Waals surface area contributed by atoms with Crippen molar-refractivity contribution in [2.45, 2.75) is 39.0 Å². The standard InChI is InChI=1S/C23H24N2O5/c1-2-3-4-5-6-14-7-12-17-18(13-14)25-22(28)19(20(17)26)21(27)24-16-10-8-15(9-11-16)23(29)30/h7-13H,2-6H2,1H3,(H,24,27)(H,29,30)(H2,25,26,28). The molecule has 7 heteroatoms. The number of carbonyl (C=O) groups excluding carboxylic acids is 1. The maximum atomic E-state index is 12.6. The minimum atomic E-state index is -1.08. The third-order valence-electron chi connectivity index (χ3n) is 4.99. The summed E-state index contributed by atoms with van der Waals surface area (Å²) in [6.45, 7) is 2.16. The number of pyridine rings is 1. The second-order valence-corrected chi connectivity index (χ2v) is 7.20. The Morgan fingerprint density at radius 2 is 1.77 bits per heavy atom. The number of hydrogen-bond donors (Lipinski definition) is 4. The molecule has 0 fully saturated rings. The summed E-state index contributed by atoms with van der Waals surface area (Å²) in [7, 11) is 0. The van der Waals surface area contributed by atoms with Crippen molar-refractivity contribution in [3.63, 3.8) is 0 Å². The molecule has 0 radical (unpaired) electrons. The molecule has 1 heterocycles. The van der Waals surface area contributed by atoms with Crippen molar-refractivity contribution >= 4 is 28.5 Å². The van der Waals surface area contributed by atoms with Crippen LogP contribution in [0.3, 0.4) is 0 Å². The summed E-state index contributed by atoms with van der Waals surface area (Å²) in [5, 5.41) is 22.4. The van der Waals surface area contributed by atoms with Gasteiger partial charge in [-0.2, -0.15) is 0 Å². The first-order valence-corrected chi connectivity index (χ1v) is 9.93. The number of rotatable bonds is 8. The molecule has 0 saturated carbocycles. The Bertz CT molecular complexity index is 1130. The molecule has 156 valence electrons. The second-order valence-electron chi connectivity index (χ2n) is 7.20. The number of unbranched alkanes of at least 4 members (excludes halogenated alkanes) is 3. The van der Waals surface area contributed by atoms with Gasteiger partial charge in [-0.25, -0.2) is 4.79 Å². The smallest absolute Gasteiger partial charge is 0.335 e. The minimum absolute atomic E-state index is 0.0740. The van der Waals surface area contributed by atoms with Crippen LogP contribution in [0.15, 0.2) is 47.3 Å². The number of fused-ring (bicyclic) bond motifs is 1. The van der Waals surface area contributed by atoms with Crippen molar-refractivity contribution < 1.29 is 19.8 Å². The van der Waals surface area contributed by atoms with Crippen LogP contribution in [-0.4, -0.2) is 27.1 Å². The molecule has 0 spiro atoms. The van der Waals surface area contributed by atoms with Crippen LogP contribution in [0.4, 0.5) is 5.69 Å². The first kappa shape index (κ1) is 21.1. The molecule has 3 rings (SSSR count). The Labute approximate surface area is 173 Å². The Balaban J connectivity index is 1.84. The van der Waals surface area contributed by atoms with Crippen molar-refractivity contribution in [1.29, 1.82) is 0 Å². The number of hydrogen-bond acceptors (Lipinski definition) is 4. The lowest BCUT2D eigenvalue weighted by molar-refractivity contribution is 0.0696. The van der Waals surface area contributed by atoms with E-state index in [0.717, 1.165) is 31.2 Å². The van der Waals surface area contributed by atoms with Crippen molar-refractivity contribution in [3.05, 3.63) is 69.5 Å². The molecule has 0 aliphatic rings. The Morgan fingerprint density at radius 1 is 1.03 bits per heavy atom. The topological polar surface area (TPSA) is 119 Å². The summed E-state index contributed by atoms with van der Waals surface area (Å²) < 4.78 is 0. The summed E-state index contributed by atoms with van der Waals surface area (Å²) >= 11 is 0. The quantitative estimate of drug-likeness (QED) is 0.414. The lowest BCUT2D eigenvalue weighted by atomic mass is 10.0. The summed E-state index contributed by atoms with van der Waals surface area (Å²) in [6, 6.07) is 10.9. The number of benzene rings is 2. The highest BCUT2D eigenvalue weighted by Crippen LogP contribution is 2.27. The molecule has 0 unspecified atom stereocenters. The number of carbonyl (C=O) groups is 2.